The lowest BCUT2D eigenvalue weighted by Crippen LogP contribution is -2.07. The Balaban J connectivity index is 2.88. The third-order valence-corrected chi connectivity index (χ3v) is 3.66. The fourth-order valence-electron chi connectivity index (χ4n) is 1.37. The Kier molecular flexibility index (Phi) is 6.11. The zero-order valence-corrected chi connectivity index (χ0v) is 12.1. The number of nitro benzene ring substituents is 1. The van der Waals surface area contributed by atoms with Gasteiger partial charge in [-0.3, -0.25) is 10.1 Å². The Morgan fingerprint density at radius 1 is 1.42 bits per heavy atom. The van der Waals surface area contributed by atoms with E-state index in [0.717, 1.165) is 10.6 Å². The van der Waals surface area contributed by atoms with E-state index in [1.807, 2.05) is 20.8 Å². The van der Waals surface area contributed by atoms with Crippen LogP contribution in [0, 0.1) is 16.0 Å². The van der Waals surface area contributed by atoms with Crippen LogP contribution in [0.5, 0.6) is 5.75 Å². The monoisotopic (exact) mass is 285 g/mol. The van der Waals surface area contributed by atoms with Gasteiger partial charge in [0.2, 0.25) is 0 Å². The van der Waals surface area contributed by atoms with Crippen molar-refractivity contribution in [2.24, 2.45) is 5.92 Å². The number of ether oxygens (including phenoxy) is 1. The van der Waals surface area contributed by atoms with Crippen molar-refractivity contribution in [1.29, 1.82) is 0 Å². The predicted octanol–water partition coefficient (Wildman–Crippen LogP) is 3.10. The van der Waals surface area contributed by atoms with E-state index in [4.69, 9.17) is 9.84 Å². The van der Waals surface area contributed by atoms with Gasteiger partial charge in [-0.2, -0.15) is 0 Å². The molecule has 0 bridgehead atoms. The van der Waals surface area contributed by atoms with Gasteiger partial charge in [-0.25, -0.2) is 0 Å². The first kappa shape index (κ1) is 15.8. The van der Waals surface area contributed by atoms with Gasteiger partial charge < -0.3 is 9.84 Å². The summed E-state index contributed by atoms with van der Waals surface area (Å²) in [6.45, 7) is 5.74. The molecule has 0 fully saturated rings. The number of hydrogen-bond donors (Lipinski definition) is 1. The first-order valence-electron chi connectivity index (χ1n) is 6.12. The highest BCUT2D eigenvalue weighted by molar-refractivity contribution is 7.99. The molecule has 19 heavy (non-hydrogen) atoms. The molecule has 0 saturated carbocycles. The smallest absolute Gasteiger partial charge is 0.311 e. The molecule has 0 heterocycles. The molecule has 6 heteroatoms. The average Bonchev–Trinajstić information content (AvgIpc) is 2.35. The minimum atomic E-state index is -0.442. The molecule has 1 atom stereocenters. The summed E-state index contributed by atoms with van der Waals surface area (Å²) in [5, 5.41) is 19.9. The van der Waals surface area contributed by atoms with Gasteiger partial charge in [0, 0.05) is 29.4 Å². The van der Waals surface area contributed by atoms with Crippen molar-refractivity contribution < 1.29 is 14.8 Å². The standard InChI is InChI=1S/C13H19NO4S/c1-9(2)18-13-6-11(19-8-10(3)7-15)4-5-12(13)14(16)17/h4-6,9-10,15H,7-8H2,1-3H3. The van der Waals surface area contributed by atoms with Crippen LogP contribution in [-0.4, -0.2) is 28.5 Å². The van der Waals surface area contributed by atoms with Crippen LogP contribution in [0.1, 0.15) is 20.8 Å². The van der Waals surface area contributed by atoms with E-state index in [-0.39, 0.29) is 24.3 Å². The summed E-state index contributed by atoms with van der Waals surface area (Å²) in [6.07, 6.45) is -0.115. The highest BCUT2D eigenvalue weighted by atomic mass is 32.2. The fraction of sp³-hybridized carbons (Fsp3) is 0.538. The molecule has 1 aromatic rings. The summed E-state index contributed by atoms with van der Waals surface area (Å²) in [5.74, 6) is 1.24. The second kappa shape index (κ2) is 7.35. The van der Waals surface area contributed by atoms with E-state index in [9.17, 15) is 10.1 Å². The van der Waals surface area contributed by atoms with Crippen molar-refractivity contribution in [3.05, 3.63) is 28.3 Å². The van der Waals surface area contributed by atoms with Crippen molar-refractivity contribution in [3.63, 3.8) is 0 Å². The Labute approximate surface area is 117 Å². The van der Waals surface area contributed by atoms with Gasteiger partial charge in [0.25, 0.3) is 0 Å². The van der Waals surface area contributed by atoms with E-state index < -0.39 is 4.92 Å². The minimum Gasteiger partial charge on any atom is -0.484 e. The van der Waals surface area contributed by atoms with Crippen LogP contribution in [0.2, 0.25) is 0 Å². The van der Waals surface area contributed by atoms with Crippen LogP contribution in [0.3, 0.4) is 0 Å². The zero-order valence-electron chi connectivity index (χ0n) is 11.3. The van der Waals surface area contributed by atoms with Crippen molar-refractivity contribution in [2.75, 3.05) is 12.4 Å². The molecule has 1 N–H and O–H groups in total. The van der Waals surface area contributed by atoms with Crippen LogP contribution >= 0.6 is 11.8 Å². The maximum atomic E-state index is 10.9. The van der Waals surface area contributed by atoms with Gasteiger partial charge in [0.1, 0.15) is 0 Å². The Bertz CT molecular complexity index is 437. The second-order valence-electron chi connectivity index (χ2n) is 4.65. The SMILES string of the molecule is CC(CO)CSc1ccc([N+](=O)[O-])c(OC(C)C)c1. The summed E-state index contributed by atoms with van der Waals surface area (Å²) in [6, 6.07) is 4.86. The molecule has 0 aliphatic heterocycles. The van der Waals surface area contributed by atoms with E-state index in [2.05, 4.69) is 0 Å². The van der Waals surface area contributed by atoms with Crippen LogP contribution in [0.25, 0.3) is 0 Å². The van der Waals surface area contributed by atoms with E-state index in [0.29, 0.717) is 5.75 Å². The number of nitrogens with zero attached hydrogens (tertiary/aromatic N) is 1. The van der Waals surface area contributed by atoms with Gasteiger partial charge in [-0.15, -0.1) is 11.8 Å². The van der Waals surface area contributed by atoms with E-state index in [1.165, 1.54) is 6.07 Å². The van der Waals surface area contributed by atoms with Gasteiger partial charge in [-0.05, 0) is 25.8 Å². The molecule has 0 saturated heterocycles. The lowest BCUT2D eigenvalue weighted by molar-refractivity contribution is -0.386. The van der Waals surface area contributed by atoms with Gasteiger partial charge >= 0.3 is 5.69 Å². The molecule has 5 nitrogen and oxygen atoms in total. The summed E-state index contributed by atoms with van der Waals surface area (Å²) in [7, 11) is 0. The number of benzene rings is 1. The lowest BCUT2D eigenvalue weighted by atomic mass is 10.2. The molecule has 1 unspecified atom stereocenters. The van der Waals surface area contributed by atoms with Crippen LogP contribution in [-0.2, 0) is 0 Å². The number of nitro groups is 1. The number of thioether (sulfide) groups is 1. The number of rotatable bonds is 7. The molecule has 0 spiro atoms. The number of aliphatic hydroxyl groups excluding tert-OH is 1. The minimum absolute atomic E-state index is 0.0201. The molecule has 0 aromatic heterocycles. The Hall–Kier alpha value is -1.27. The molecular weight excluding hydrogens is 266 g/mol. The maximum absolute atomic E-state index is 10.9. The lowest BCUT2D eigenvalue weighted by Gasteiger charge is -2.12. The topological polar surface area (TPSA) is 72.6 Å². The number of aliphatic hydroxyl groups is 1. The van der Waals surface area contributed by atoms with Gasteiger partial charge in [0.05, 0.1) is 11.0 Å². The average molecular weight is 285 g/mol. The summed E-state index contributed by atoms with van der Waals surface area (Å²) in [4.78, 5) is 11.4. The summed E-state index contributed by atoms with van der Waals surface area (Å²) in [5.41, 5.74) is -0.0201. The first-order chi connectivity index (χ1) is 8.93. The fourth-order valence-corrected chi connectivity index (χ4v) is 2.31. The molecule has 0 amide bonds. The van der Waals surface area contributed by atoms with Crippen molar-refractivity contribution >= 4 is 17.4 Å². The zero-order chi connectivity index (χ0) is 14.4. The van der Waals surface area contributed by atoms with Crippen molar-refractivity contribution in [2.45, 2.75) is 31.8 Å². The molecule has 1 aromatic carbocycles. The normalized spacial score (nSPS) is 12.5. The molecule has 0 aliphatic carbocycles. The molecule has 106 valence electrons. The van der Waals surface area contributed by atoms with Crippen LogP contribution in [0.4, 0.5) is 5.69 Å². The molecular formula is C13H19NO4S. The summed E-state index contributed by atoms with van der Waals surface area (Å²) >= 11 is 1.55. The third-order valence-electron chi connectivity index (χ3n) is 2.34. The molecule has 0 radical (unpaired) electrons. The highest BCUT2D eigenvalue weighted by Gasteiger charge is 2.17. The number of hydrogen-bond acceptors (Lipinski definition) is 5. The predicted molar refractivity (Wildman–Crippen MR) is 75.8 cm³/mol. The van der Waals surface area contributed by atoms with Crippen molar-refractivity contribution in [1.82, 2.24) is 0 Å². The molecule has 1 rings (SSSR count). The largest absolute Gasteiger partial charge is 0.484 e. The second-order valence-corrected chi connectivity index (χ2v) is 5.75. The highest BCUT2D eigenvalue weighted by Crippen LogP contribution is 2.33. The maximum Gasteiger partial charge on any atom is 0.311 e. The van der Waals surface area contributed by atoms with Crippen LogP contribution < -0.4 is 4.74 Å². The Morgan fingerprint density at radius 3 is 2.63 bits per heavy atom. The summed E-state index contributed by atoms with van der Waals surface area (Å²) < 4.78 is 5.48. The quantitative estimate of drug-likeness (QED) is 0.473. The van der Waals surface area contributed by atoms with Crippen LogP contribution in [0.15, 0.2) is 23.1 Å². The van der Waals surface area contributed by atoms with Gasteiger partial charge in [-0.1, -0.05) is 6.92 Å². The van der Waals surface area contributed by atoms with Gasteiger partial charge in [0.15, 0.2) is 5.75 Å². The van der Waals surface area contributed by atoms with E-state index >= 15 is 0 Å². The first-order valence-corrected chi connectivity index (χ1v) is 7.11. The third kappa shape index (κ3) is 5.08. The Morgan fingerprint density at radius 2 is 2.11 bits per heavy atom. The molecule has 0 aliphatic rings. The van der Waals surface area contributed by atoms with E-state index in [1.54, 1.807) is 23.9 Å². The van der Waals surface area contributed by atoms with Crippen molar-refractivity contribution in [3.8, 4) is 5.75 Å².